The molecule has 2 aliphatic carbocycles. The van der Waals surface area contributed by atoms with Crippen molar-refractivity contribution in [1.29, 1.82) is 0 Å². The Morgan fingerprint density at radius 1 is 0.618 bits per heavy atom. The number of hydrogen-bond donors (Lipinski definition) is 0. The molecule has 1 heterocycles. The van der Waals surface area contributed by atoms with Gasteiger partial charge in [0.1, 0.15) is 0 Å². The Hall–Kier alpha value is -1.70. The topological polar surface area (TPSA) is 25.8 Å². The van der Waals surface area contributed by atoms with Crippen molar-refractivity contribution in [2.75, 3.05) is 0 Å². The third-order valence-electron chi connectivity index (χ3n) is 9.02. The highest BCUT2D eigenvalue weighted by Crippen LogP contribution is 2.39. The summed E-state index contributed by atoms with van der Waals surface area (Å²) >= 11 is 0. The molecule has 34 heavy (non-hydrogen) atoms. The largest absolute Gasteiger partial charge is 0.236 e. The summed E-state index contributed by atoms with van der Waals surface area (Å²) in [6, 6.07) is 9.14. The highest BCUT2D eigenvalue weighted by Gasteiger charge is 2.23. The molecule has 2 nitrogen and oxygen atoms in total. The zero-order chi connectivity index (χ0) is 23.6. The van der Waals surface area contributed by atoms with Crippen LogP contribution in [0.3, 0.4) is 0 Å². The molecule has 0 radical (unpaired) electrons. The van der Waals surface area contributed by atoms with Crippen LogP contribution in [0, 0.1) is 11.8 Å². The van der Waals surface area contributed by atoms with Crippen LogP contribution in [0.25, 0.3) is 11.4 Å². The molecule has 0 amide bonds. The van der Waals surface area contributed by atoms with Crippen molar-refractivity contribution >= 4 is 0 Å². The lowest BCUT2D eigenvalue weighted by Crippen LogP contribution is -2.14. The Morgan fingerprint density at radius 3 is 1.79 bits per heavy atom. The number of unbranched alkanes of at least 4 members (excludes halogenated alkanes) is 5. The summed E-state index contributed by atoms with van der Waals surface area (Å²) in [5.74, 6) is 4.20. The summed E-state index contributed by atoms with van der Waals surface area (Å²) < 4.78 is 0. The highest BCUT2D eigenvalue weighted by atomic mass is 14.9. The van der Waals surface area contributed by atoms with Gasteiger partial charge in [-0.3, -0.25) is 0 Å². The van der Waals surface area contributed by atoms with Crippen LogP contribution >= 0.6 is 0 Å². The Kier molecular flexibility index (Phi) is 10.0. The van der Waals surface area contributed by atoms with Crippen LogP contribution in [-0.4, -0.2) is 9.97 Å². The fourth-order valence-electron chi connectivity index (χ4n) is 6.50. The van der Waals surface area contributed by atoms with Crippen LogP contribution in [0.15, 0.2) is 36.7 Å². The third kappa shape index (κ3) is 7.15. The second-order valence-electron chi connectivity index (χ2n) is 11.4. The van der Waals surface area contributed by atoms with Gasteiger partial charge in [-0.25, -0.2) is 9.97 Å². The van der Waals surface area contributed by atoms with Crippen LogP contribution in [0.5, 0.6) is 0 Å². The van der Waals surface area contributed by atoms with E-state index in [9.17, 15) is 0 Å². The number of nitrogens with zero attached hydrogens (tertiary/aromatic N) is 2. The quantitative estimate of drug-likeness (QED) is 0.312. The molecule has 0 atom stereocenters. The van der Waals surface area contributed by atoms with E-state index in [0.717, 1.165) is 29.1 Å². The van der Waals surface area contributed by atoms with E-state index < -0.39 is 0 Å². The maximum absolute atomic E-state index is 4.78. The average Bonchev–Trinajstić information content (AvgIpc) is 2.91. The zero-order valence-electron chi connectivity index (χ0n) is 22.0. The predicted octanol–water partition coefficient (Wildman–Crippen LogP) is 9.85. The van der Waals surface area contributed by atoms with Gasteiger partial charge in [0.25, 0.3) is 0 Å². The molecule has 2 heteroatoms. The number of benzene rings is 1. The molecule has 2 aliphatic rings. The lowest BCUT2D eigenvalue weighted by atomic mass is 9.77. The smallest absolute Gasteiger partial charge is 0.159 e. The van der Waals surface area contributed by atoms with Crippen LogP contribution in [0.1, 0.15) is 140 Å². The van der Waals surface area contributed by atoms with Crippen molar-refractivity contribution in [3.05, 3.63) is 47.8 Å². The van der Waals surface area contributed by atoms with Gasteiger partial charge in [0.05, 0.1) is 0 Å². The van der Waals surface area contributed by atoms with E-state index in [1.165, 1.54) is 114 Å². The fraction of sp³-hybridized carbons (Fsp3) is 0.688. The van der Waals surface area contributed by atoms with Gasteiger partial charge in [0.2, 0.25) is 0 Å². The van der Waals surface area contributed by atoms with Gasteiger partial charge in [-0.2, -0.15) is 0 Å². The van der Waals surface area contributed by atoms with Crippen LogP contribution in [0.2, 0.25) is 0 Å². The minimum atomic E-state index is 0.662. The molecule has 1 aromatic heterocycles. The Balaban J connectivity index is 1.22. The first-order valence-electron chi connectivity index (χ1n) is 14.7. The molecule has 0 aliphatic heterocycles. The molecule has 186 valence electrons. The van der Waals surface area contributed by atoms with Crippen molar-refractivity contribution in [3.8, 4) is 11.4 Å². The monoisotopic (exact) mass is 460 g/mol. The number of rotatable bonds is 11. The van der Waals surface area contributed by atoms with Gasteiger partial charge in [-0.1, -0.05) is 89.5 Å². The molecule has 2 fully saturated rings. The van der Waals surface area contributed by atoms with E-state index in [1.54, 1.807) is 0 Å². The molecule has 1 aromatic carbocycles. The van der Waals surface area contributed by atoms with E-state index in [2.05, 4.69) is 50.5 Å². The minimum absolute atomic E-state index is 0.662. The van der Waals surface area contributed by atoms with Crippen molar-refractivity contribution < 1.29 is 0 Å². The lowest BCUT2D eigenvalue weighted by Gasteiger charge is -2.28. The van der Waals surface area contributed by atoms with E-state index in [0.29, 0.717) is 5.92 Å². The summed E-state index contributed by atoms with van der Waals surface area (Å²) in [6.07, 6.45) is 26.5. The van der Waals surface area contributed by atoms with Gasteiger partial charge in [0, 0.05) is 18.0 Å². The standard InChI is InChI=1S/C32H48N2/c1-3-5-6-7-8-9-10-26-13-17-29(18-14-26)31-23-33-32(34-24-31)30-21-19-28(20-22-30)27-15-11-25(4-2)12-16-27/h19-27,29H,3-18H2,1-2H3/t25-,26-,27-,29-. The predicted molar refractivity (Wildman–Crippen MR) is 145 cm³/mol. The summed E-state index contributed by atoms with van der Waals surface area (Å²) in [6.45, 7) is 4.64. The molecule has 0 spiro atoms. The lowest BCUT2D eigenvalue weighted by molar-refractivity contribution is 0.301. The molecule has 0 N–H and O–H groups in total. The van der Waals surface area contributed by atoms with Gasteiger partial charge in [-0.05, 0) is 86.2 Å². The van der Waals surface area contributed by atoms with E-state index in [-0.39, 0.29) is 0 Å². The first kappa shape index (κ1) is 25.4. The summed E-state index contributed by atoms with van der Waals surface area (Å²) in [5, 5.41) is 0. The third-order valence-corrected chi connectivity index (χ3v) is 9.02. The Labute approximate surface area is 209 Å². The van der Waals surface area contributed by atoms with Crippen molar-refractivity contribution in [2.24, 2.45) is 11.8 Å². The summed E-state index contributed by atoms with van der Waals surface area (Å²) in [7, 11) is 0. The van der Waals surface area contributed by atoms with Crippen molar-refractivity contribution in [3.63, 3.8) is 0 Å². The first-order chi connectivity index (χ1) is 16.8. The van der Waals surface area contributed by atoms with Gasteiger partial charge in [-0.15, -0.1) is 0 Å². The van der Waals surface area contributed by atoms with Gasteiger partial charge >= 0.3 is 0 Å². The molecule has 2 aromatic rings. The summed E-state index contributed by atoms with van der Waals surface area (Å²) in [4.78, 5) is 9.56. The van der Waals surface area contributed by atoms with Crippen LogP contribution in [-0.2, 0) is 0 Å². The van der Waals surface area contributed by atoms with Gasteiger partial charge < -0.3 is 0 Å². The Morgan fingerprint density at radius 2 is 1.18 bits per heavy atom. The maximum atomic E-state index is 4.78. The SMILES string of the molecule is CCCCCCCC[C@H]1CC[C@H](c2cnc(-c3ccc([C@H]4CC[C@H](CC)CC4)cc3)nc2)CC1. The molecule has 2 saturated carbocycles. The summed E-state index contributed by atoms with van der Waals surface area (Å²) in [5.41, 5.74) is 4.01. The Bertz CT molecular complexity index is 809. The normalized spacial score (nSPS) is 25.4. The molecule has 0 bridgehead atoms. The van der Waals surface area contributed by atoms with Crippen LogP contribution in [0.4, 0.5) is 0 Å². The molecule has 0 saturated heterocycles. The molecule has 4 rings (SSSR count). The molecular formula is C32H48N2. The molecular weight excluding hydrogens is 412 g/mol. The molecule has 0 unspecified atom stereocenters. The second-order valence-corrected chi connectivity index (χ2v) is 11.4. The zero-order valence-corrected chi connectivity index (χ0v) is 22.0. The van der Waals surface area contributed by atoms with E-state index in [1.807, 2.05) is 0 Å². The average molecular weight is 461 g/mol. The number of aromatic nitrogens is 2. The minimum Gasteiger partial charge on any atom is -0.236 e. The first-order valence-corrected chi connectivity index (χ1v) is 14.7. The second kappa shape index (κ2) is 13.4. The fourth-order valence-corrected chi connectivity index (χ4v) is 6.50. The highest BCUT2D eigenvalue weighted by molar-refractivity contribution is 5.55. The van der Waals surface area contributed by atoms with Crippen LogP contribution < -0.4 is 0 Å². The van der Waals surface area contributed by atoms with E-state index >= 15 is 0 Å². The van der Waals surface area contributed by atoms with E-state index in [4.69, 9.17) is 9.97 Å². The maximum Gasteiger partial charge on any atom is 0.159 e. The number of hydrogen-bond acceptors (Lipinski definition) is 2. The van der Waals surface area contributed by atoms with Crippen molar-refractivity contribution in [2.45, 2.75) is 128 Å². The van der Waals surface area contributed by atoms with Gasteiger partial charge in [0.15, 0.2) is 5.82 Å². The van der Waals surface area contributed by atoms with Crippen molar-refractivity contribution in [1.82, 2.24) is 9.97 Å².